The van der Waals surface area contributed by atoms with E-state index in [1.165, 1.54) is 0 Å². The molecule has 0 amide bonds. The zero-order valence-electron chi connectivity index (χ0n) is 7.92. The highest BCUT2D eigenvalue weighted by Gasteiger charge is 2.36. The van der Waals surface area contributed by atoms with E-state index >= 15 is 0 Å². The van der Waals surface area contributed by atoms with Gasteiger partial charge in [-0.05, 0) is 0 Å². The van der Waals surface area contributed by atoms with Crippen LogP contribution in [0.2, 0.25) is 0 Å². The van der Waals surface area contributed by atoms with Crippen LogP contribution in [-0.2, 0) is 4.74 Å². The quantitative estimate of drug-likeness (QED) is 0.407. The summed E-state index contributed by atoms with van der Waals surface area (Å²) in [4.78, 5) is 0. The first kappa shape index (κ1) is 12.8. The van der Waals surface area contributed by atoms with Crippen LogP contribution >= 0.6 is 0 Å². The van der Waals surface area contributed by atoms with Crippen LogP contribution in [0, 0.1) is 0 Å². The minimum absolute atomic E-state index is 0.0521. The van der Waals surface area contributed by atoms with Crippen LogP contribution < -0.4 is 0 Å². The predicted molar refractivity (Wildman–Crippen MR) is 46.2 cm³/mol. The fourth-order valence-corrected chi connectivity index (χ4v) is 1.03. The van der Waals surface area contributed by atoms with E-state index in [2.05, 4.69) is 0 Å². The van der Waals surface area contributed by atoms with Gasteiger partial charge in [-0.2, -0.15) is 0 Å². The Morgan fingerprint density at radius 3 is 2.15 bits per heavy atom. The Bertz CT molecular complexity index is 128. The highest BCUT2D eigenvalue weighted by atomic mass is 16.5. The van der Waals surface area contributed by atoms with Crippen molar-refractivity contribution in [1.29, 1.82) is 0 Å². The Morgan fingerprint density at radius 1 is 1.15 bits per heavy atom. The number of aliphatic hydroxyl groups excluding tert-OH is 4. The summed E-state index contributed by atoms with van der Waals surface area (Å²) in [5.74, 6) is 0. The fourth-order valence-electron chi connectivity index (χ4n) is 1.03. The van der Waals surface area contributed by atoms with Gasteiger partial charge in [0, 0.05) is 0 Å². The third kappa shape index (κ3) is 3.21. The lowest BCUT2D eigenvalue weighted by Gasteiger charge is -2.34. The number of hydrogen-bond donors (Lipinski definition) is 4. The van der Waals surface area contributed by atoms with Gasteiger partial charge in [0.15, 0.2) is 0 Å². The van der Waals surface area contributed by atoms with Gasteiger partial charge in [-0.3, -0.25) is 0 Å². The topological polar surface area (TPSA) is 90.2 Å². The molecule has 0 saturated carbocycles. The standard InChI is InChI=1S/C6H12O5.C2H6/c7-1-4-6(10)5(9)3(8)2-11-4;1-2/h3-10H,1-2H2;1-2H3/t3?,4?,5?,6-;/m1./s1. The van der Waals surface area contributed by atoms with Gasteiger partial charge in [-0.25, -0.2) is 0 Å². The number of aliphatic hydroxyl groups is 4. The molecule has 3 unspecified atom stereocenters. The minimum atomic E-state index is -1.22. The number of hydrogen-bond acceptors (Lipinski definition) is 5. The molecule has 5 heteroatoms. The summed E-state index contributed by atoms with van der Waals surface area (Å²) in [5, 5.41) is 35.7. The highest BCUT2D eigenvalue weighted by Crippen LogP contribution is 2.14. The van der Waals surface area contributed by atoms with Crippen molar-refractivity contribution in [3.8, 4) is 0 Å². The third-order valence-electron chi connectivity index (χ3n) is 1.79. The van der Waals surface area contributed by atoms with Crippen molar-refractivity contribution in [2.75, 3.05) is 13.2 Å². The molecule has 0 aliphatic carbocycles. The van der Waals surface area contributed by atoms with Crippen molar-refractivity contribution in [2.45, 2.75) is 38.3 Å². The number of rotatable bonds is 1. The van der Waals surface area contributed by atoms with Crippen LogP contribution in [0.4, 0.5) is 0 Å². The highest BCUT2D eigenvalue weighted by molar-refractivity contribution is 4.85. The van der Waals surface area contributed by atoms with E-state index in [1.54, 1.807) is 0 Å². The van der Waals surface area contributed by atoms with Crippen molar-refractivity contribution in [2.24, 2.45) is 0 Å². The molecule has 80 valence electrons. The van der Waals surface area contributed by atoms with Crippen molar-refractivity contribution in [3.05, 3.63) is 0 Å². The molecule has 0 aromatic rings. The van der Waals surface area contributed by atoms with Gasteiger partial charge in [-0.1, -0.05) is 13.8 Å². The van der Waals surface area contributed by atoms with Gasteiger partial charge >= 0.3 is 0 Å². The van der Waals surface area contributed by atoms with Crippen molar-refractivity contribution in [1.82, 2.24) is 0 Å². The zero-order valence-corrected chi connectivity index (χ0v) is 7.92. The summed E-state index contributed by atoms with van der Waals surface area (Å²) < 4.78 is 4.81. The average molecular weight is 194 g/mol. The minimum Gasteiger partial charge on any atom is -0.394 e. The molecule has 5 nitrogen and oxygen atoms in total. The maximum Gasteiger partial charge on any atom is 0.111 e. The summed E-state index contributed by atoms with van der Waals surface area (Å²) in [6.07, 6.45) is -4.27. The summed E-state index contributed by atoms with van der Waals surface area (Å²) in [5.41, 5.74) is 0. The first-order valence-corrected chi connectivity index (χ1v) is 4.43. The van der Waals surface area contributed by atoms with Crippen LogP contribution in [0.5, 0.6) is 0 Å². The predicted octanol–water partition coefficient (Wildman–Crippen LogP) is -1.51. The van der Waals surface area contributed by atoms with Gasteiger partial charge < -0.3 is 25.2 Å². The molecule has 1 heterocycles. The van der Waals surface area contributed by atoms with E-state index in [1.807, 2.05) is 13.8 Å². The van der Waals surface area contributed by atoms with Gasteiger partial charge in [-0.15, -0.1) is 0 Å². The Balaban J connectivity index is 0.000000671. The Kier molecular flexibility index (Phi) is 6.19. The molecule has 4 N–H and O–H groups in total. The average Bonchev–Trinajstić information content (AvgIpc) is 2.18. The molecule has 1 saturated heterocycles. The molecule has 0 bridgehead atoms. The Labute approximate surface area is 77.6 Å². The Morgan fingerprint density at radius 2 is 1.69 bits per heavy atom. The second-order valence-electron chi connectivity index (χ2n) is 2.60. The van der Waals surface area contributed by atoms with E-state index < -0.39 is 24.4 Å². The molecular weight excluding hydrogens is 176 g/mol. The van der Waals surface area contributed by atoms with Crippen molar-refractivity contribution < 1.29 is 25.2 Å². The van der Waals surface area contributed by atoms with E-state index in [-0.39, 0.29) is 13.2 Å². The first-order chi connectivity index (χ1) is 6.16. The van der Waals surface area contributed by atoms with E-state index in [9.17, 15) is 0 Å². The molecule has 0 radical (unpaired) electrons. The molecule has 13 heavy (non-hydrogen) atoms. The Hall–Kier alpha value is -0.200. The van der Waals surface area contributed by atoms with Crippen LogP contribution in [-0.4, -0.2) is 58.1 Å². The smallest absolute Gasteiger partial charge is 0.111 e. The largest absolute Gasteiger partial charge is 0.394 e. The van der Waals surface area contributed by atoms with Gasteiger partial charge in [0.2, 0.25) is 0 Å². The lowest BCUT2D eigenvalue weighted by Crippen LogP contribution is -2.53. The van der Waals surface area contributed by atoms with Gasteiger partial charge in [0.1, 0.15) is 24.4 Å². The fraction of sp³-hybridized carbons (Fsp3) is 1.00. The van der Waals surface area contributed by atoms with Gasteiger partial charge in [0.05, 0.1) is 13.2 Å². The van der Waals surface area contributed by atoms with Gasteiger partial charge in [0.25, 0.3) is 0 Å². The molecule has 0 aromatic heterocycles. The van der Waals surface area contributed by atoms with Crippen LogP contribution in [0.3, 0.4) is 0 Å². The normalized spacial score (nSPS) is 39.2. The molecule has 0 spiro atoms. The second kappa shape index (κ2) is 6.28. The van der Waals surface area contributed by atoms with E-state index in [0.717, 1.165) is 0 Å². The second-order valence-corrected chi connectivity index (χ2v) is 2.60. The van der Waals surface area contributed by atoms with Crippen molar-refractivity contribution in [3.63, 3.8) is 0 Å². The van der Waals surface area contributed by atoms with Crippen LogP contribution in [0.25, 0.3) is 0 Å². The van der Waals surface area contributed by atoms with E-state index in [4.69, 9.17) is 25.2 Å². The molecule has 1 aliphatic rings. The number of ether oxygens (including phenoxy) is 1. The molecule has 4 atom stereocenters. The molecule has 1 aliphatic heterocycles. The van der Waals surface area contributed by atoms with E-state index in [0.29, 0.717) is 0 Å². The third-order valence-corrected chi connectivity index (χ3v) is 1.79. The van der Waals surface area contributed by atoms with Crippen LogP contribution in [0.1, 0.15) is 13.8 Å². The van der Waals surface area contributed by atoms with Crippen LogP contribution in [0.15, 0.2) is 0 Å². The summed E-state index contributed by atoms with van der Waals surface area (Å²) in [6, 6.07) is 0. The molecule has 1 fully saturated rings. The molecule has 0 aromatic carbocycles. The summed E-state index contributed by atoms with van der Waals surface area (Å²) in [7, 11) is 0. The summed E-state index contributed by atoms with van der Waals surface area (Å²) in [6.45, 7) is 3.59. The summed E-state index contributed by atoms with van der Waals surface area (Å²) >= 11 is 0. The first-order valence-electron chi connectivity index (χ1n) is 4.43. The lowest BCUT2D eigenvalue weighted by molar-refractivity contribution is -0.195. The molecule has 1 rings (SSSR count). The maximum absolute atomic E-state index is 9.11. The lowest BCUT2D eigenvalue weighted by atomic mass is 10.0. The molecular formula is C8H18O5. The maximum atomic E-state index is 9.11. The SMILES string of the molecule is CC.OCC1OCC(O)C(O)[C@@H]1O. The zero-order chi connectivity index (χ0) is 10.4. The monoisotopic (exact) mass is 194 g/mol. The van der Waals surface area contributed by atoms with Crippen molar-refractivity contribution >= 4 is 0 Å².